The third kappa shape index (κ3) is 4.71. The molecule has 24 heavy (non-hydrogen) atoms. The van der Waals surface area contributed by atoms with Crippen molar-refractivity contribution in [3.63, 3.8) is 0 Å². The minimum Gasteiger partial charge on any atom is -0.507 e. The van der Waals surface area contributed by atoms with Crippen LogP contribution in [0.15, 0.2) is 52.5 Å². The Morgan fingerprint density at radius 2 is 1.88 bits per heavy atom. The number of phenols is 1. The maximum absolute atomic E-state index is 12.1. The van der Waals surface area contributed by atoms with E-state index in [9.17, 15) is 18.3 Å². The number of benzene rings is 2. The standard InChI is InChI=1S/C15H14ClN3O4S/c1-10(20)18-13-3-5-14(6-4-13)24(22,23)19-17-9-11-8-12(16)2-7-15(11)21/h2-9,19,21H,1H3,(H,18,20)/b17-9+. The summed E-state index contributed by atoms with van der Waals surface area (Å²) in [6.07, 6.45) is 1.14. The molecule has 126 valence electrons. The first-order valence-electron chi connectivity index (χ1n) is 6.69. The van der Waals surface area contributed by atoms with Crippen LogP contribution in [0.4, 0.5) is 5.69 Å². The van der Waals surface area contributed by atoms with E-state index >= 15 is 0 Å². The van der Waals surface area contributed by atoms with Crippen molar-refractivity contribution in [1.82, 2.24) is 4.83 Å². The van der Waals surface area contributed by atoms with Crippen molar-refractivity contribution in [3.05, 3.63) is 53.1 Å². The topological polar surface area (TPSA) is 108 Å². The van der Waals surface area contributed by atoms with Gasteiger partial charge in [0.2, 0.25) is 5.91 Å². The van der Waals surface area contributed by atoms with Crippen LogP contribution in [-0.2, 0) is 14.8 Å². The Hall–Kier alpha value is -2.58. The first-order valence-corrected chi connectivity index (χ1v) is 8.55. The second-order valence-electron chi connectivity index (χ2n) is 4.76. The molecule has 0 saturated heterocycles. The van der Waals surface area contributed by atoms with Gasteiger partial charge in [0.25, 0.3) is 10.0 Å². The molecule has 9 heteroatoms. The highest BCUT2D eigenvalue weighted by atomic mass is 35.5. The Morgan fingerprint density at radius 3 is 2.50 bits per heavy atom. The number of phenolic OH excluding ortho intramolecular Hbond substituents is 1. The number of sulfonamides is 1. The Kier molecular flexibility index (Phi) is 5.42. The number of amides is 1. The average Bonchev–Trinajstić information content (AvgIpc) is 2.50. The van der Waals surface area contributed by atoms with Crippen LogP contribution in [0.2, 0.25) is 5.02 Å². The first kappa shape index (κ1) is 17.8. The molecule has 0 atom stereocenters. The van der Waals surface area contributed by atoms with E-state index in [-0.39, 0.29) is 22.1 Å². The number of hydrogen-bond donors (Lipinski definition) is 3. The molecule has 1 amide bonds. The lowest BCUT2D eigenvalue weighted by Gasteiger charge is -2.06. The average molecular weight is 368 g/mol. The minimum absolute atomic E-state index is 0.0240. The van der Waals surface area contributed by atoms with Crippen LogP contribution in [0, 0.1) is 0 Å². The summed E-state index contributed by atoms with van der Waals surface area (Å²) in [6.45, 7) is 1.35. The number of nitrogens with one attached hydrogen (secondary N) is 2. The fraction of sp³-hybridized carbons (Fsp3) is 0.0667. The zero-order valence-electron chi connectivity index (χ0n) is 12.5. The molecule has 0 heterocycles. The molecule has 0 spiro atoms. The molecule has 2 aromatic rings. The van der Waals surface area contributed by atoms with E-state index in [0.717, 1.165) is 6.21 Å². The SMILES string of the molecule is CC(=O)Nc1ccc(S(=O)(=O)N/N=C/c2cc(Cl)ccc2O)cc1. The van der Waals surface area contributed by atoms with Crippen molar-refractivity contribution in [1.29, 1.82) is 0 Å². The van der Waals surface area contributed by atoms with Crippen LogP contribution in [0.5, 0.6) is 5.75 Å². The molecule has 0 aliphatic carbocycles. The summed E-state index contributed by atoms with van der Waals surface area (Å²) >= 11 is 5.79. The Balaban J connectivity index is 2.12. The molecule has 0 aliphatic heterocycles. The quantitative estimate of drug-likeness (QED) is 0.556. The molecular formula is C15H14ClN3O4S. The van der Waals surface area contributed by atoms with E-state index in [1.54, 1.807) is 0 Å². The van der Waals surface area contributed by atoms with Crippen LogP contribution < -0.4 is 10.1 Å². The molecule has 0 saturated carbocycles. The number of carbonyl (C=O) groups is 1. The van der Waals surface area contributed by atoms with Gasteiger partial charge in [0.15, 0.2) is 0 Å². The van der Waals surface area contributed by atoms with E-state index in [2.05, 4.69) is 10.4 Å². The number of halogens is 1. The van der Waals surface area contributed by atoms with E-state index in [1.165, 1.54) is 49.4 Å². The fourth-order valence-electron chi connectivity index (χ4n) is 1.77. The van der Waals surface area contributed by atoms with Crippen molar-refractivity contribution in [2.24, 2.45) is 5.10 Å². The van der Waals surface area contributed by atoms with Gasteiger partial charge >= 0.3 is 0 Å². The molecule has 7 nitrogen and oxygen atoms in total. The molecule has 0 unspecified atom stereocenters. The highest BCUT2D eigenvalue weighted by Crippen LogP contribution is 2.19. The lowest BCUT2D eigenvalue weighted by atomic mass is 10.2. The van der Waals surface area contributed by atoms with Crippen LogP contribution in [0.25, 0.3) is 0 Å². The number of hydrazone groups is 1. The molecule has 2 aromatic carbocycles. The Bertz CT molecular complexity index is 880. The van der Waals surface area contributed by atoms with Gasteiger partial charge in [-0.1, -0.05) is 11.6 Å². The van der Waals surface area contributed by atoms with Gasteiger partial charge in [0, 0.05) is 23.2 Å². The number of carbonyl (C=O) groups excluding carboxylic acids is 1. The first-order chi connectivity index (χ1) is 11.3. The summed E-state index contributed by atoms with van der Waals surface area (Å²) < 4.78 is 24.2. The highest BCUT2D eigenvalue weighted by molar-refractivity contribution is 7.89. The normalized spacial score (nSPS) is 11.4. The van der Waals surface area contributed by atoms with Gasteiger partial charge in [-0.15, -0.1) is 0 Å². The zero-order chi connectivity index (χ0) is 17.7. The summed E-state index contributed by atoms with van der Waals surface area (Å²) in [5.41, 5.74) is 0.750. The van der Waals surface area contributed by atoms with Crippen molar-refractivity contribution in [3.8, 4) is 5.75 Å². The maximum Gasteiger partial charge on any atom is 0.276 e. The number of anilines is 1. The van der Waals surface area contributed by atoms with Gasteiger partial charge in [0.05, 0.1) is 11.1 Å². The third-order valence-corrected chi connectivity index (χ3v) is 4.32. The molecule has 2 rings (SSSR count). The van der Waals surface area contributed by atoms with E-state index in [1.807, 2.05) is 4.83 Å². The van der Waals surface area contributed by atoms with Crippen molar-refractivity contribution < 1.29 is 18.3 Å². The summed E-state index contributed by atoms with van der Waals surface area (Å²) in [5.74, 6) is -0.336. The van der Waals surface area contributed by atoms with E-state index in [0.29, 0.717) is 10.7 Å². The second-order valence-corrected chi connectivity index (χ2v) is 6.86. The predicted octanol–water partition coefficient (Wildman–Crippen LogP) is 2.32. The Labute approximate surface area is 144 Å². The van der Waals surface area contributed by atoms with Crippen LogP contribution in [0.3, 0.4) is 0 Å². The lowest BCUT2D eigenvalue weighted by Crippen LogP contribution is -2.18. The smallest absolute Gasteiger partial charge is 0.276 e. The summed E-state index contributed by atoms with van der Waals surface area (Å²) in [5, 5.41) is 16.1. The minimum atomic E-state index is -3.87. The van der Waals surface area contributed by atoms with Crippen molar-refractivity contribution in [2.75, 3.05) is 5.32 Å². The molecule has 0 aliphatic rings. The second kappa shape index (κ2) is 7.33. The summed E-state index contributed by atoms with van der Waals surface area (Å²) in [6, 6.07) is 9.90. The third-order valence-electron chi connectivity index (χ3n) is 2.85. The van der Waals surface area contributed by atoms with Gasteiger partial charge in [-0.05, 0) is 42.5 Å². The van der Waals surface area contributed by atoms with E-state index < -0.39 is 10.0 Å². The van der Waals surface area contributed by atoms with Gasteiger partial charge < -0.3 is 10.4 Å². The van der Waals surface area contributed by atoms with E-state index in [4.69, 9.17) is 11.6 Å². The van der Waals surface area contributed by atoms with Crippen molar-refractivity contribution >= 4 is 39.4 Å². The van der Waals surface area contributed by atoms with Gasteiger partial charge in [0.1, 0.15) is 5.75 Å². The molecular weight excluding hydrogens is 354 g/mol. The zero-order valence-corrected chi connectivity index (χ0v) is 14.1. The fourth-order valence-corrected chi connectivity index (χ4v) is 2.74. The molecule has 0 aromatic heterocycles. The van der Waals surface area contributed by atoms with Crippen LogP contribution >= 0.6 is 11.6 Å². The maximum atomic E-state index is 12.1. The Morgan fingerprint density at radius 1 is 1.21 bits per heavy atom. The van der Waals surface area contributed by atoms with Crippen LogP contribution in [-0.4, -0.2) is 25.6 Å². The van der Waals surface area contributed by atoms with Gasteiger partial charge in [-0.2, -0.15) is 13.5 Å². The number of hydrogen-bond acceptors (Lipinski definition) is 5. The molecule has 3 N–H and O–H groups in total. The molecule has 0 fully saturated rings. The van der Waals surface area contributed by atoms with Crippen molar-refractivity contribution in [2.45, 2.75) is 11.8 Å². The highest BCUT2D eigenvalue weighted by Gasteiger charge is 2.12. The number of aromatic hydroxyl groups is 1. The number of nitrogens with zero attached hydrogens (tertiary/aromatic N) is 1. The monoisotopic (exact) mass is 367 g/mol. The summed E-state index contributed by atoms with van der Waals surface area (Å²) in [4.78, 5) is 12.9. The largest absolute Gasteiger partial charge is 0.507 e. The van der Waals surface area contributed by atoms with Gasteiger partial charge in [-0.3, -0.25) is 4.79 Å². The van der Waals surface area contributed by atoms with Crippen LogP contribution in [0.1, 0.15) is 12.5 Å². The van der Waals surface area contributed by atoms with Gasteiger partial charge in [-0.25, -0.2) is 4.83 Å². The number of rotatable bonds is 5. The predicted molar refractivity (Wildman–Crippen MR) is 91.8 cm³/mol. The summed E-state index contributed by atoms with van der Waals surface area (Å²) in [7, 11) is -3.87. The lowest BCUT2D eigenvalue weighted by molar-refractivity contribution is -0.114. The molecule has 0 radical (unpaired) electrons. The molecule has 0 bridgehead atoms.